The van der Waals surface area contributed by atoms with Crippen LogP contribution in [0.5, 0.6) is 11.5 Å². The highest BCUT2D eigenvalue weighted by atomic mass is 79.9. The number of hydrogen-bond acceptors (Lipinski definition) is 2. The lowest BCUT2D eigenvalue weighted by Gasteiger charge is -2.14. The summed E-state index contributed by atoms with van der Waals surface area (Å²) in [5.74, 6) is 1.58. The Balaban J connectivity index is 1.68. The van der Waals surface area contributed by atoms with Gasteiger partial charge in [0.15, 0.2) is 11.5 Å². The zero-order valence-corrected chi connectivity index (χ0v) is 18.2. The summed E-state index contributed by atoms with van der Waals surface area (Å²) >= 11 is 3.45. The van der Waals surface area contributed by atoms with Crippen molar-refractivity contribution in [3.8, 4) is 11.5 Å². The number of hydrogen-bond donors (Lipinski definition) is 0. The topological polar surface area (TPSA) is 18.5 Å². The lowest BCUT2D eigenvalue weighted by molar-refractivity contribution is 0.255. The van der Waals surface area contributed by atoms with Crippen molar-refractivity contribution in [3.05, 3.63) is 108 Å². The largest absolute Gasteiger partial charge is 0.485 e. The first-order chi connectivity index (χ1) is 14.3. The molecule has 150 valence electrons. The van der Waals surface area contributed by atoms with Gasteiger partial charge in [-0.3, -0.25) is 0 Å². The van der Waals surface area contributed by atoms with Crippen molar-refractivity contribution in [3.63, 3.8) is 0 Å². The highest BCUT2D eigenvalue weighted by molar-refractivity contribution is 9.09. The molecule has 0 fully saturated rings. The molecule has 0 aliphatic rings. The Bertz CT molecular complexity index is 876. The van der Waals surface area contributed by atoms with E-state index in [0.717, 1.165) is 47.2 Å². The van der Waals surface area contributed by atoms with Crippen LogP contribution in [-0.2, 0) is 19.6 Å². The monoisotopic (exact) mass is 450 g/mol. The summed E-state index contributed by atoms with van der Waals surface area (Å²) in [6.45, 7) is 1.05. The lowest BCUT2D eigenvalue weighted by atomic mass is 10.1. The van der Waals surface area contributed by atoms with Crippen molar-refractivity contribution >= 4 is 15.9 Å². The Kier molecular flexibility index (Phi) is 8.87. The molecule has 3 aromatic rings. The molecule has 0 aromatic heterocycles. The molecule has 0 amide bonds. The summed E-state index contributed by atoms with van der Waals surface area (Å²) < 4.78 is 12.2. The van der Waals surface area contributed by atoms with E-state index in [-0.39, 0.29) is 0 Å². The molecule has 3 aromatic carbocycles. The second kappa shape index (κ2) is 12.1. The Morgan fingerprint density at radius 3 is 1.83 bits per heavy atom. The van der Waals surface area contributed by atoms with E-state index in [2.05, 4.69) is 64.5 Å². The van der Waals surface area contributed by atoms with Crippen molar-refractivity contribution in [2.45, 2.75) is 32.5 Å². The molecule has 0 N–H and O–H groups in total. The molecule has 0 radical (unpaired) electrons. The highest BCUT2D eigenvalue weighted by Gasteiger charge is 2.08. The summed E-state index contributed by atoms with van der Waals surface area (Å²) in [5, 5.41) is 1.01. The highest BCUT2D eigenvalue weighted by Crippen LogP contribution is 2.30. The molecule has 0 unspecified atom stereocenters. The van der Waals surface area contributed by atoms with Gasteiger partial charge in [-0.1, -0.05) is 94.8 Å². The number of rotatable bonds is 11. The molecule has 0 aliphatic heterocycles. The van der Waals surface area contributed by atoms with Gasteiger partial charge in [0.05, 0.1) is 0 Å². The van der Waals surface area contributed by atoms with Crippen LogP contribution < -0.4 is 9.47 Å². The minimum Gasteiger partial charge on any atom is -0.485 e. The summed E-state index contributed by atoms with van der Waals surface area (Å²) in [7, 11) is 0. The Labute approximate surface area is 182 Å². The lowest BCUT2D eigenvalue weighted by Crippen LogP contribution is -2.01. The van der Waals surface area contributed by atoms with Crippen LogP contribution in [0.3, 0.4) is 0 Å². The summed E-state index contributed by atoms with van der Waals surface area (Å²) in [5.41, 5.74) is 3.54. The molecule has 0 aliphatic carbocycles. The van der Waals surface area contributed by atoms with Crippen molar-refractivity contribution in [1.82, 2.24) is 0 Å². The minimum atomic E-state index is 0.525. The van der Waals surface area contributed by atoms with E-state index in [0.29, 0.717) is 13.2 Å². The molecule has 0 atom stereocenters. The quantitative estimate of drug-likeness (QED) is 0.228. The van der Waals surface area contributed by atoms with Crippen LogP contribution in [0.15, 0.2) is 91.0 Å². The molecule has 0 bridgehead atoms. The number of benzene rings is 3. The second-order valence-corrected chi connectivity index (χ2v) is 7.61. The maximum Gasteiger partial charge on any atom is 0.161 e. The van der Waals surface area contributed by atoms with Crippen molar-refractivity contribution < 1.29 is 9.47 Å². The van der Waals surface area contributed by atoms with Crippen LogP contribution >= 0.6 is 15.9 Å². The van der Waals surface area contributed by atoms with Gasteiger partial charge in [-0.25, -0.2) is 0 Å². The van der Waals surface area contributed by atoms with E-state index >= 15 is 0 Å². The number of halogens is 1. The third-order valence-electron chi connectivity index (χ3n) is 4.52. The SMILES string of the molecule is BrCCC=CCCc1ccc(OCc2ccccc2)c(OCc2ccccc2)c1. The summed E-state index contributed by atoms with van der Waals surface area (Å²) in [4.78, 5) is 0. The molecule has 2 nitrogen and oxygen atoms in total. The summed E-state index contributed by atoms with van der Waals surface area (Å²) in [6.07, 6.45) is 7.54. The van der Waals surface area contributed by atoms with Crippen LogP contribution in [0.25, 0.3) is 0 Å². The minimum absolute atomic E-state index is 0.525. The maximum atomic E-state index is 6.15. The number of alkyl halides is 1. The van der Waals surface area contributed by atoms with Crippen LogP contribution in [0, 0.1) is 0 Å². The van der Waals surface area contributed by atoms with Gasteiger partial charge in [0.25, 0.3) is 0 Å². The average molecular weight is 451 g/mol. The van der Waals surface area contributed by atoms with Gasteiger partial charge in [0.2, 0.25) is 0 Å². The zero-order valence-electron chi connectivity index (χ0n) is 16.6. The van der Waals surface area contributed by atoms with E-state index in [1.54, 1.807) is 0 Å². The van der Waals surface area contributed by atoms with Crippen molar-refractivity contribution in [1.29, 1.82) is 0 Å². The van der Waals surface area contributed by atoms with E-state index in [9.17, 15) is 0 Å². The molecule has 3 heteroatoms. The normalized spacial score (nSPS) is 10.9. The molecular formula is C26H27BrO2. The predicted octanol–water partition coefficient (Wildman–Crippen LogP) is 7.12. The first-order valence-corrected chi connectivity index (χ1v) is 11.1. The molecule has 0 saturated heterocycles. The van der Waals surface area contributed by atoms with Gasteiger partial charge in [0.1, 0.15) is 13.2 Å². The zero-order chi connectivity index (χ0) is 20.2. The van der Waals surface area contributed by atoms with Crippen molar-refractivity contribution in [2.75, 3.05) is 5.33 Å². The average Bonchev–Trinajstić information content (AvgIpc) is 2.78. The molecule has 0 saturated carbocycles. The second-order valence-electron chi connectivity index (χ2n) is 6.82. The van der Waals surface area contributed by atoms with Crippen LogP contribution in [0.1, 0.15) is 29.5 Å². The molecule has 3 rings (SSSR count). The summed E-state index contributed by atoms with van der Waals surface area (Å²) in [6, 6.07) is 26.7. The van der Waals surface area contributed by atoms with Gasteiger partial charge < -0.3 is 9.47 Å². The van der Waals surface area contributed by atoms with Crippen LogP contribution in [-0.4, -0.2) is 5.33 Å². The Morgan fingerprint density at radius 1 is 0.621 bits per heavy atom. The third-order valence-corrected chi connectivity index (χ3v) is 4.98. The fourth-order valence-electron chi connectivity index (χ4n) is 2.96. The van der Waals surface area contributed by atoms with Gasteiger partial charge in [0, 0.05) is 5.33 Å². The van der Waals surface area contributed by atoms with Crippen LogP contribution in [0.2, 0.25) is 0 Å². The standard InChI is InChI=1S/C26H27BrO2/c27-18-10-2-1-5-11-22-16-17-25(28-20-23-12-6-3-7-13-23)26(19-22)29-21-24-14-8-4-9-15-24/h1-4,6-9,12-17,19H,5,10-11,18,20-21H2. The Morgan fingerprint density at radius 2 is 1.21 bits per heavy atom. The maximum absolute atomic E-state index is 6.15. The van der Waals surface area contributed by atoms with Gasteiger partial charge >= 0.3 is 0 Å². The molecule has 0 spiro atoms. The van der Waals surface area contributed by atoms with E-state index < -0.39 is 0 Å². The fraction of sp³-hybridized carbons (Fsp3) is 0.231. The first-order valence-electron chi connectivity index (χ1n) is 10.0. The Hall–Kier alpha value is -2.52. The smallest absolute Gasteiger partial charge is 0.161 e. The fourth-order valence-corrected chi connectivity index (χ4v) is 3.22. The van der Waals surface area contributed by atoms with Gasteiger partial charge in [-0.2, -0.15) is 0 Å². The van der Waals surface area contributed by atoms with E-state index in [4.69, 9.17) is 9.47 Å². The predicted molar refractivity (Wildman–Crippen MR) is 124 cm³/mol. The van der Waals surface area contributed by atoms with Crippen LogP contribution in [0.4, 0.5) is 0 Å². The molecule has 0 heterocycles. The van der Waals surface area contributed by atoms with E-state index in [1.165, 1.54) is 5.56 Å². The number of ether oxygens (including phenoxy) is 2. The van der Waals surface area contributed by atoms with Crippen molar-refractivity contribution in [2.24, 2.45) is 0 Å². The van der Waals surface area contributed by atoms with Gasteiger partial charge in [-0.05, 0) is 48.1 Å². The number of aryl methyl sites for hydroxylation is 1. The first kappa shape index (κ1) is 21.2. The van der Waals surface area contributed by atoms with E-state index in [1.807, 2.05) is 42.5 Å². The molecular weight excluding hydrogens is 424 g/mol. The third kappa shape index (κ3) is 7.43. The van der Waals surface area contributed by atoms with Gasteiger partial charge in [-0.15, -0.1) is 0 Å². The number of allylic oxidation sites excluding steroid dienone is 2. The molecule has 29 heavy (non-hydrogen) atoms.